The van der Waals surface area contributed by atoms with Crippen LogP contribution in [0.3, 0.4) is 0 Å². The SMILES string of the molecule is CC(C)n1nccc1NC(=O)CC1COCCN1.Cl. The highest BCUT2D eigenvalue weighted by Crippen LogP contribution is 2.13. The molecule has 0 bridgehead atoms. The third-order valence-corrected chi connectivity index (χ3v) is 2.86. The van der Waals surface area contributed by atoms with Crippen LogP contribution in [0, 0.1) is 0 Å². The molecule has 0 radical (unpaired) electrons. The highest BCUT2D eigenvalue weighted by molar-refractivity contribution is 5.90. The van der Waals surface area contributed by atoms with Crippen molar-refractivity contribution < 1.29 is 9.53 Å². The van der Waals surface area contributed by atoms with Crippen molar-refractivity contribution in [3.8, 4) is 0 Å². The summed E-state index contributed by atoms with van der Waals surface area (Å²) in [6.45, 7) is 6.18. The molecule has 2 N–H and O–H groups in total. The van der Waals surface area contributed by atoms with Crippen LogP contribution in [0.1, 0.15) is 26.3 Å². The van der Waals surface area contributed by atoms with Crippen LogP contribution in [-0.4, -0.2) is 41.5 Å². The molecule has 0 aromatic carbocycles. The van der Waals surface area contributed by atoms with Gasteiger partial charge in [-0.2, -0.15) is 5.10 Å². The third kappa shape index (κ3) is 4.49. The molecular formula is C12H21ClN4O2. The first-order valence-electron chi connectivity index (χ1n) is 6.31. The molecule has 108 valence electrons. The number of nitrogens with one attached hydrogen (secondary N) is 2. The number of anilines is 1. The Morgan fingerprint density at radius 2 is 2.47 bits per heavy atom. The molecule has 1 fully saturated rings. The summed E-state index contributed by atoms with van der Waals surface area (Å²) >= 11 is 0. The second-order valence-corrected chi connectivity index (χ2v) is 4.73. The van der Waals surface area contributed by atoms with Crippen molar-refractivity contribution in [2.45, 2.75) is 32.4 Å². The molecule has 19 heavy (non-hydrogen) atoms. The minimum absolute atomic E-state index is 0. The molecule has 1 amide bonds. The van der Waals surface area contributed by atoms with Crippen molar-refractivity contribution in [2.75, 3.05) is 25.1 Å². The number of halogens is 1. The van der Waals surface area contributed by atoms with Crippen molar-refractivity contribution in [1.82, 2.24) is 15.1 Å². The average Bonchev–Trinajstić information content (AvgIpc) is 2.78. The van der Waals surface area contributed by atoms with E-state index in [1.165, 1.54) is 0 Å². The third-order valence-electron chi connectivity index (χ3n) is 2.86. The lowest BCUT2D eigenvalue weighted by Gasteiger charge is -2.23. The number of hydrogen-bond acceptors (Lipinski definition) is 4. The van der Waals surface area contributed by atoms with Gasteiger partial charge in [-0.1, -0.05) is 0 Å². The Hall–Kier alpha value is -1.11. The number of carbonyl (C=O) groups is 1. The molecule has 1 aliphatic heterocycles. The van der Waals surface area contributed by atoms with Crippen molar-refractivity contribution >= 4 is 24.1 Å². The first-order valence-corrected chi connectivity index (χ1v) is 6.31. The van der Waals surface area contributed by atoms with E-state index in [1.807, 2.05) is 19.9 Å². The molecule has 7 heteroatoms. The molecule has 1 aliphatic rings. The molecular weight excluding hydrogens is 268 g/mol. The summed E-state index contributed by atoms with van der Waals surface area (Å²) in [7, 11) is 0. The lowest BCUT2D eigenvalue weighted by molar-refractivity contribution is -0.117. The maximum absolute atomic E-state index is 11.9. The molecule has 1 atom stereocenters. The predicted molar refractivity (Wildman–Crippen MR) is 75.7 cm³/mol. The maximum Gasteiger partial charge on any atom is 0.227 e. The second-order valence-electron chi connectivity index (χ2n) is 4.73. The standard InChI is InChI=1S/C12H20N4O2.ClH/c1-9(2)16-11(3-4-14-16)15-12(17)7-10-8-18-6-5-13-10;/h3-4,9-10,13H,5-8H2,1-2H3,(H,15,17);1H. The molecule has 1 saturated heterocycles. The number of amides is 1. The van der Waals surface area contributed by atoms with Crippen molar-refractivity contribution in [2.24, 2.45) is 0 Å². The van der Waals surface area contributed by atoms with Crippen LogP contribution in [0.5, 0.6) is 0 Å². The largest absolute Gasteiger partial charge is 0.378 e. The maximum atomic E-state index is 11.9. The topological polar surface area (TPSA) is 68.2 Å². The normalized spacial score (nSPS) is 19.0. The Bertz CT molecular complexity index is 402. The fourth-order valence-corrected chi connectivity index (χ4v) is 1.99. The summed E-state index contributed by atoms with van der Waals surface area (Å²) < 4.78 is 7.11. The first-order chi connectivity index (χ1) is 8.66. The number of ether oxygens (including phenoxy) is 1. The fraction of sp³-hybridized carbons (Fsp3) is 0.667. The number of rotatable bonds is 4. The minimum Gasteiger partial charge on any atom is -0.378 e. The van der Waals surface area contributed by atoms with Crippen LogP contribution in [0.15, 0.2) is 12.3 Å². The first kappa shape index (κ1) is 15.9. The number of carbonyl (C=O) groups excluding carboxylic acids is 1. The zero-order chi connectivity index (χ0) is 13.0. The Labute approximate surface area is 119 Å². The van der Waals surface area contributed by atoms with Gasteiger partial charge in [-0.15, -0.1) is 12.4 Å². The summed E-state index contributed by atoms with van der Waals surface area (Å²) in [5, 5.41) is 10.3. The van der Waals surface area contributed by atoms with Gasteiger partial charge in [-0.3, -0.25) is 4.79 Å². The predicted octanol–water partition coefficient (Wildman–Crippen LogP) is 1.20. The van der Waals surface area contributed by atoms with Crippen molar-refractivity contribution in [3.05, 3.63) is 12.3 Å². The van der Waals surface area contributed by atoms with Gasteiger partial charge in [0.1, 0.15) is 5.82 Å². The van der Waals surface area contributed by atoms with Gasteiger partial charge in [0.15, 0.2) is 0 Å². The highest BCUT2D eigenvalue weighted by Gasteiger charge is 2.18. The fourth-order valence-electron chi connectivity index (χ4n) is 1.99. The molecule has 0 spiro atoms. The Balaban J connectivity index is 0.00000180. The molecule has 1 unspecified atom stereocenters. The van der Waals surface area contributed by atoms with E-state index >= 15 is 0 Å². The average molecular weight is 289 g/mol. The minimum atomic E-state index is -0.0135. The van der Waals surface area contributed by atoms with Gasteiger partial charge in [0.2, 0.25) is 5.91 Å². The van der Waals surface area contributed by atoms with Crippen LogP contribution < -0.4 is 10.6 Å². The van der Waals surface area contributed by atoms with Gasteiger partial charge in [-0.25, -0.2) is 4.68 Å². The Morgan fingerprint density at radius 1 is 1.68 bits per heavy atom. The van der Waals surface area contributed by atoms with Gasteiger partial charge in [0.25, 0.3) is 0 Å². The molecule has 1 aromatic heterocycles. The van der Waals surface area contributed by atoms with Crippen LogP contribution >= 0.6 is 12.4 Å². The number of aromatic nitrogens is 2. The summed E-state index contributed by atoms with van der Waals surface area (Å²) in [5.41, 5.74) is 0. The van der Waals surface area contributed by atoms with Gasteiger partial charge in [0, 0.05) is 31.1 Å². The van der Waals surface area contributed by atoms with Crippen LogP contribution in [0.25, 0.3) is 0 Å². The van der Waals surface area contributed by atoms with Gasteiger partial charge in [-0.05, 0) is 13.8 Å². The van der Waals surface area contributed by atoms with E-state index < -0.39 is 0 Å². The lowest BCUT2D eigenvalue weighted by atomic mass is 10.2. The van der Waals surface area contributed by atoms with E-state index in [9.17, 15) is 4.79 Å². The van der Waals surface area contributed by atoms with Gasteiger partial charge in [0.05, 0.1) is 19.4 Å². The summed E-state index contributed by atoms with van der Waals surface area (Å²) in [6, 6.07) is 2.14. The highest BCUT2D eigenvalue weighted by atomic mass is 35.5. The molecule has 2 heterocycles. The van der Waals surface area contributed by atoms with E-state index in [4.69, 9.17) is 4.74 Å². The zero-order valence-electron chi connectivity index (χ0n) is 11.3. The quantitative estimate of drug-likeness (QED) is 0.874. The van der Waals surface area contributed by atoms with Crippen LogP contribution in [0.4, 0.5) is 5.82 Å². The second kappa shape index (κ2) is 7.47. The van der Waals surface area contributed by atoms with E-state index in [0.717, 1.165) is 19.0 Å². The number of nitrogens with zero attached hydrogens (tertiary/aromatic N) is 2. The van der Waals surface area contributed by atoms with Crippen molar-refractivity contribution in [3.63, 3.8) is 0 Å². The number of morpholine rings is 1. The number of hydrogen-bond donors (Lipinski definition) is 2. The monoisotopic (exact) mass is 288 g/mol. The molecule has 0 saturated carbocycles. The van der Waals surface area contributed by atoms with E-state index in [-0.39, 0.29) is 30.4 Å². The molecule has 6 nitrogen and oxygen atoms in total. The van der Waals surface area contributed by atoms with E-state index in [1.54, 1.807) is 10.9 Å². The zero-order valence-corrected chi connectivity index (χ0v) is 12.1. The van der Waals surface area contributed by atoms with E-state index in [0.29, 0.717) is 13.0 Å². The Morgan fingerprint density at radius 3 is 3.11 bits per heavy atom. The summed E-state index contributed by atoms with van der Waals surface area (Å²) in [4.78, 5) is 11.9. The molecule has 0 aliphatic carbocycles. The summed E-state index contributed by atoms with van der Waals surface area (Å²) in [5.74, 6) is 0.729. The van der Waals surface area contributed by atoms with Crippen LogP contribution in [0.2, 0.25) is 0 Å². The van der Waals surface area contributed by atoms with Crippen LogP contribution in [-0.2, 0) is 9.53 Å². The van der Waals surface area contributed by atoms with Gasteiger partial charge >= 0.3 is 0 Å². The Kier molecular flexibility index (Phi) is 6.27. The van der Waals surface area contributed by atoms with Crippen molar-refractivity contribution in [1.29, 1.82) is 0 Å². The lowest BCUT2D eigenvalue weighted by Crippen LogP contribution is -2.43. The van der Waals surface area contributed by atoms with Gasteiger partial charge < -0.3 is 15.4 Å². The summed E-state index contributed by atoms with van der Waals surface area (Å²) in [6.07, 6.45) is 2.11. The molecule has 2 rings (SSSR count). The molecule has 1 aromatic rings. The van der Waals surface area contributed by atoms with E-state index in [2.05, 4.69) is 15.7 Å². The smallest absolute Gasteiger partial charge is 0.227 e.